The molecule has 0 aromatic carbocycles. The van der Waals surface area contributed by atoms with Gasteiger partial charge < -0.3 is 9.84 Å². The van der Waals surface area contributed by atoms with Crippen molar-refractivity contribution in [3.63, 3.8) is 0 Å². The Kier molecular flexibility index (Phi) is 1.79. The van der Waals surface area contributed by atoms with Crippen LogP contribution in [0.1, 0.15) is 45.4 Å². The zero-order valence-corrected chi connectivity index (χ0v) is 8.96. The van der Waals surface area contributed by atoms with Gasteiger partial charge in [0, 0.05) is 0 Å². The first-order chi connectivity index (χ1) is 6.69. The molecule has 3 aliphatic rings. The van der Waals surface area contributed by atoms with Gasteiger partial charge in [-0.1, -0.05) is 0 Å². The predicted octanol–water partition coefficient (Wildman–Crippen LogP) is 2.11. The van der Waals surface area contributed by atoms with E-state index in [9.17, 15) is 5.11 Å². The monoisotopic (exact) mass is 196 g/mol. The van der Waals surface area contributed by atoms with Gasteiger partial charge in [0.2, 0.25) is 0 Å². The Hall–Kier alpha value is -0.0800. The molecule has 1 heterocycles. The smallest absolute Gasteiger partial charge is 0.0893 e. The fourth-order valence-corrected chi connectivity index (χ4v) is 3.18. The highest BCUT2D eigenvalue weighted by Crippen LogP contribution is 2.60. The van der Waals surface area contributed by atoms with Crippen LogP contribution >= 0.6 is 0 Å². The molecule has 0 amide bonds. The molecule has 1 unspecified atom stereocenters. The summed E-state index contributed by atoms with van der Waals surface area (Å²) >= 11 is 0. The van der Waals surface area contributed by atoms with Gasteiger partial charge in [0.05, 0.1) is 17.8 Å². The van der Waals surface area contributed by atoms with Crippen molar-refractivity contribution < 1.29 is 9.84 Å². The molecule has 2 nitrogen and oxygen atoms in total. The average Bonchev–Trinajstić information content (AvgIpc) is 3.04. The Morgan fingerprint density at radius 2 is 1.71 bits per heavy atom. The molecular weight excluding hydrogens is 176 g/mol. The summed E-state index contributed by atoms with van der Waals surface area (Å²) in [7, 11) is 0. The fourth-order valence-electron chi connectivity index (χ4n) is 3.18. The minimum absolute atomic E-state index is 0.189. The van der Waals surface area contributed by atoms with E-state index in [2.05, 4.69) is 6.92 Å². The van der Waals surface area contributed by atoms with E-state index in [1.807, 2.05) is 0 Å². The fraction of sp³-hybridized carbons (Fsp3) is 1.00. The van der Waals surface area contributed by atoms with Crippen molar-refractivity contribution in [3.05, 3.63) is 0 Å². The summed E-state index contributed by atoms with van der Waals surface area (Å²) in [6, 6.07) is 0. The van der Waals surface area contributed by atoms with Crippen molar-refractivity contribution in [1.82, 2.24) is 0 Å². The van der Waals surface area contributed by atoms with E-state index in [-0.39, 0.29) is 17.8 Å². The summed E-state index contributed by atoms with van der Waals surface area (Å²) in [6.07, 6.45) is 7.68. The number of hydrogen-bond donors (Lipinski definition) is 1. The molecule has 0 bridgehead atoms. The van der Waals surface area contributed by atoms with E-state index >= 15 is 0 Å². The van der Waals surface area contributed by atoms with Crippen molar-refractivity contribution in [3.8, 4) is 0 Å². The highest BCUT2D eigenvalue weighted by molar-refractivity contribution is 5.10. The standard InChI is InChI=1S/C12H20O2/c1-11(8-13)6-7-12(14-11,9-2-3-9)10-4-5-10/h9-10,13H,2-8H2,1H3. The summed E-state index contributed by atoms with van der Waals surface area (Å²) in [6.45, 7) is 2.26. The summed E-state index contributed by atoms with van der Waals surface area (Å²) in [4.78, 5) is 0. The second kappa shape index (κ2) is 2.73. The zero-order valence-electron chi connectivity index (χ0n) is 8.96. The van der Waals surface area contributed by atoms with Crippen molar-refractivity contribution in [2.24, 2.45) is 11.8 Å². The van der Waals surface area contributed by atoms with Crippen LogP contribution in [0.2, 0.25) is 0 Å². The number of hydrogen-bond acceptors (Lipinski definition) is 2. The van der Waals surface area contributed by atoms with Gasteiger partial charge in [-0.05, 0) is 57.3 Å². The van der Waals surface area contributed by atoms with Crippen LogP contribution < -0.4 is 0 Å². The molecule has 2 heteroatoms. The molecule has 1 aliphatic heterocycles. The lowest BCUT2D eigenvalue weighted by Crippen LogP contribution is -2.39. The Labute approximate surface area is 85.6 Å². The largest absolute Gasteiger partial charge is 0.393 e. The number of rotatable bonds is 3. The molecule has 0 aromatic rings. The van der Waals surface area contributed by atoms with E-state index in [0.29, 0.717) is 0 Å². The molecule has 0 radical (unpaired) electrons. The molecule has 80 valence electrons. The minimum atomic E-state index is -0.231. The quantitative estimate of drug-likeness (QED) is 0.749. The maximum atomic E-state index is 9.34. The summed E-state index contributed by atoms with van der Waals surface area (Å²) in [5, 5.41) is 9.34. The third-order valence-corrected chi connectivity index (χ3v) is 4.35. The third-order valence-electron chi connectivity index (χ3n) is 4.35. The van der Waals surface area contributed by atoms with Gasteiger partial charge in [0.25, 0.3) is 0 Å². The maximum absolute atomic E-state index is 9.34. The normalized spacial score (nSPS) is 41.6. The molecule has 1 saturated heterocycles. The molecule has 2 aliphatic carbocycles. The van der Waals surface area contributed by atoms with Crippen LogP contribution in [0.3, 0.4) is 0 Å². The SMILES string of the molecule is CC1(CO)CCC(C2CC2)(C2CC2)O1. The highest BCUT2D eigenvalue weighted by atomic mass is 16.5. The lowest BCUT2D eigenvalue weighted by Gasteiger charge is -2.33. The maximum Gasteiger partial charge on any atom is 0.0893 e. The average molecular weight is 196 g/mol. The summed E-state index contributed by atoms with van der Waals surface area (Å²) in [5.41, 5.74) is -0.0390. The topological polar surface area (TPSA) is 29.5 Å². The molecular formula is C12H20O2. The molecule has 3 fully saturated rings. The van der Waals surface area contributed by atoms with Gasteiger partial charge >= 0.3 is 0 Å². The van der Waals surface area contributed by atoms with Gasteiger partial charge in [-0.15, -0.1) is 0 Å². The Bertz CT molecular complexity index is 231. The van der Waals surface area contributed by atoms with E-state index in [4.69, 9.17) is 4.74 Å². The first-order valence-electron chi connectivity index (χ1n) is 6.00. The van der Waals surface area contributed by atoms with Crippen LogP contribution in [0.25, 0.3) is 0 Å². The van der Waals surface area contributed by atoms with E-state index in [1.165, 1.54) is 32.1 Å². The number of ether oxygens (including phenoxy) is 1. The van der Waals surface area contributed by atoms with Crippen molar-refractivity contribution in [1.29, 1.82) is 0 Å². The first kappa shape index (κ1) is 9.17. The van der Waals surface area contributed by atoms with Crippen molar-refractivity contribution >= 4 is 0 Å². The van der Waals surface area contributed by atoms with Crippen LogP contribution in [0.4, 0.5) is 0 Å². The van der Waals surface area contributed by atoms with Gasteiger partial charge in [0.15, 0.2) is 0 Å². The lowest BCUT2D eigenvalue weighted by atomic mass is 9.88. The lowest BCUT2D eigenvalue weighted by molar-refractivity contribution is -0.136. The van der Waals surface area contributed by atoms with E-state index in [1.54, 1.807) is 0 Å². The second-order valence-corrected chi connectivity index (χ2v) is 5.71. The van der Waals surface area contributed by atoms with Gasteiger partial charge in [-0.3, -0.25) is 0 Å². The molecule has 0 aromatic heterocycles. The minimum Gasteiger partial charge on any atom is -0.393 e. The molecule has 1 N–H and O–H groups in total. The van der Waals surface area contributed by atoms with Crippen LogP contribution in [0.5, 0.6) is 0 Å². The molecule has 0 spiro atoms. The van der Waals surface area contributed by atoms with Crippen LogP contribution in [0, 0.1) is 11.8 Å². The summed E-state index contributed by atoms with van der Waals surface area (Å²) in [5.74, 6) is 1.65. The Balaban J connectivity index is 1.81. The molecule has 14 heavy (non-hydrogen) atoms. The zero-order chi connectivity index (χ0) is 9.81. The van der Waals surface area contributed by atoms with E-state index in [0.717, 1.165) is 18.3 Å². The van der Waals surface area contributed by atoms with Crippen molar-refractivity contribution in [2.45, 2.75) is 56.7 Å². The van der Waals surface area contributed by atoms with Gasteiger partial charge in [0.1, 0.15) is 0 Å². The van der Waals surface area contributed by atoms with Crippen LogP contribution in [0.15, 0.2) is 0 Å². The van der Waals surface area contributed by atoms with Crippen LogP contribution in [-0.2, 0) is 4.74 Å². The predicted molar refractivity (Wildman–Crippen MR) is 54.0 cm³/mol. The molecule has 2 saturated carbocycles. The number of aliphatic hydroxyl groups is 1. The van der Waals surface area contributed by atoms with Crippen molar-refractivity contribution in [2.75, 3.05) is 6.61 Å². The summed E-state index contributed by atoms with van der Waals surface area (Å²) < 4.78 is 6.28. The van der Waals surface area contributed by atoms with E-state index < -0.39 is 0 Å². The second-order valence-electron chi connectivity index (χ2n) is 5.71. The van der Waals surface area contributed by atoms with Gasteiger partial charge in [-0.25, -0.2) is 0 Å². The van der Waals surface area contributed by atoms with Gasteiger partial charge in [-0.2, -0.15) is 0 Å². The first-order valence-corrected chi connectivity index (χ1v) is 6.00. The Morgan fingerprint density at radius 1 is 1.14 bits per heavy atom. The molecule has 3 rings (SSSR count). The highest BCUT2D eigenvalue weighted by Gasteiger charge is 2.60. The third kappa shape index (κ3) is 1.24. The van der Waals surface area contributed by atoms with Crippen LogP contribution in [-0.4, -0.2) is 22.9 Å². The Morgan fingerprint density at radius 3 is 2.07 bits per heavy atom. The molecule has 1 atom stereocenters. The number of aliphatic hydroxyl groups excluding tert-OH is 1.